The van der Waals surface area contributed by atoms with Crippen LogP contribution in [0, 0.1) is 55.4 Å². The van der Waals surface area contributed by atoms with E-state index in [4.69, 9.17) is 4.98 Å². The van der Waals surface area contributed by atoms with Crippen LogP contribution in [0.1, 0.15) is 44.5 Å². The molecule has 0 N–H and O–H groups in total. The van der Waals surface area contributed by atoms with Gasteiger partial charge in [-0.05, 0) is 167 Å². The number of pyridine rings is 1. The van der Waals surface area contributed by atoms with Crippen molar-refractivity contribution in [2.24, 2.45) is 0 Å². The van der Waals surface area contributed by atoms with E-state index < -0.39 is 0 Å². The molecule has 4 aliphatic heterocycles. The Hall–Kier alpha value is -8.28. The largest absolute Gasteiger partial charge is 0.310 e. The molecule has 0 radical (unpaired) electrons. The summed E-state index contributed by atoms with van der Waals surface area (Å²) >= 11 is 0. The van der Waals surface area contributed by atoms with Crippen molar-refractivity contribution in [3.63, 3.8) is 0 Å². The lowest BCUT2D eigenvalue weighted by molar-refractivity contribution is 1.08. The zero-order chi connectivity index (χ0) is 47.8. The van der Waals surface area contributed by atoms with Crippen LogP contribution in [0.3, 0.4) is 0 Å². The van der Waals surface area contributed by atoms with E-state index in [9.17, 15) is 0 Å². The number of hydrogen-bond acceptors (Lipinski definition) is 1. The Morgan fingerprint density at radius 3 is 1.10 bits per heavy atom. The zero-order valence-electron chi connectivity index (χ0n) is 41.5. The van der Waals surface area contributed by atoms with Crippen molar-refractivity contribution in [3.05, 3.63) is 172 Å². The predicted octanol–water partition coefficient (Wildman–Crippen LogP) is 11.4. The fraction of sp³-hybridized carbons (Fsp3) is 0.123. The second kappa shape index (κ2) is 12.2. The van der Waals surface area contributed by atoms with E-state index in [1.54, 1.807) is 0 Å². The van der Waals surface area contributed by atoms with Gasteiger partial charge in [0.25, 0.3) is 13.4 Å². The highest BCUT2D eigenvalue weighted by Gasteiger charge is 2.47. The van der Waals surface area contributed by atoms with Gasteiger partial charge in [0.1, 0.15) is 5.82 Å². The molecule has 0 unspecified atom stereocenters. The Balaban J connectivity index is 1.16. The van der Waals surface area contributed by atoms with E-state index in [2.05, 4.69) is 201 Å². The Labute approximate surface area is 415 Å². The first-order chi connectivity index (χ1) is 35.0. The summed E-state index contributed by atoms with van der Waals surface area (Å²) in [4.78, 5) is 6.37. The molecule has 0 spiro atoms. The third-order valence-electron chi connectivity index (χ3n) is 17.7. The van der Waals surface area contributed by atoms with E-state index in [1.807, 2.05) is 0 Å². The van der Waals surface area contributed by atoms with Crippen LogP contribution in [0.4, 0.5) is 0 Å². The van der Waals surface area contributed by atoms with E-state index in [0.29, 0.717) is 0 Å². The van der Waals surface area contributed by atoms with Gasteiger partial charge < -0.3 is 13.7 Å². The molecule has 9 heterocycles. The second-order valence-electron chi connectivity index (χ2n) is 22.5. The SMILES string of the molecule is Cc1ccc2c(c1)c1cc(C)cc3c1n2-c1cc2c4c5c(nc2c2c1B3c1cc(C)cc3c6cc(C)ccc6n-2c13)-n1c2ccc(C)cc2c2cc(C)cc(c21)B5c1cc(C)cc2c3cc(C)ccc3n-4c12. The molecule has 5 aromatic heterocycles. The maximum absolute atomic E-state index is 6.37. The van der Waals surface area contributed by atoms with E-state index >= 15 is 0 Å². The highest BCUT2D eigenvalue weighted by molar-refractivity contribution is 7.01. The van der Waals surface area contributed by atoms with Gasteiger partial charge in [-0.1, -0.05) is 93.0 Å². The lowest BCUT2D eigenvalue weighted by atomic mass is 9.33. The van der Waals surface area contributed by atoms with Gasteiger partial charge in [-0.3, -0.25) is 4.57 Å². The summed E-state index contributed by atoms with van der Waals surface area (Å²) in [7, 11) is 0. The quantitative estimate of drug-likeness (QED) is 0.140. The molecule has 4 aliphatic rings. The number of rotatable bonds is 0. The minimum Gasteiger partial charge on any atom is -0.310 e. The number of nitrogens with zero attached hydrogens (tertiary/aromatic N) is 5. The summed E-state index contributed by atoms with van der Waals surface area (Å²) in [5.41, 5.74) is 33.2. The Morgan fingerprint density at radius 2 is 0.653 bits per heavy atom. The smallest absolute Gasteiger partial charge is 0.254 e. The van der Waals surface area contributed by atoms with E-state index in [0.717, 1.165) is 11.3 Å². The van der Waals surface area contributed by atoms with Crippen LogP contribution in [0.15, 0.2) is 127 Å². The minimum atomic E-state index is -0.0377. The Bertz CT molecular complexity index is 4770. The average Bonchev–Trinajstić information content (AvgIpc) is 4.08. The number of aromatic nitrogens is 5. The van der Waals surface area contributed by atoms with Crippen molar-refractivity contribution < 1.29 is 0 Å². The monoisotopic (exact) mass is 917 g/mol. The first kappa shape index (κ1) is 38.5. The molecular formula is C65H45B2N5. The molecule has 0 saturated carbocycles. The summed E-state index contributed by atoms with van der Waals surface area (Å²) in [5, 5.41) is 11.7. The highest BCUT2D eigenvalue weighted by atomic mass is 15.1. The van der Waals surface area contributed by atoms with Gasteiger partial charge in [-0.25, -0.2) is 4.98 Å². The molecule has 0 aliphatic carbocycles. The van der Waals surface area contributed by atoms with Gasteiger partial charge in [0.2, 0.25) is 0 Å². The summed E-state index contributed by atoms with van der Waals surface area (Å²) < 4.78 is 10.6. The summed E-state index contributed by atoms with van der Waals surface area (Å²) in [5.74, 6) is 1.04. The molecule has 5 nitrogen and oxygen atoms in total. The number of hydrogen-bond donors (Lipinski definition) is 0. The standard InChI is InChI=1S/C65H45B2N5/c1-30-9-13-51-38(17-30)42-21-34(5)25-47-59(42)69(51)55-29-46-58(64-56(55)66(47)48-26-35(6)23-44-40-19-32(3)11-15-53(40)71(64)61(44)48)68-65-57-63(46)70-52-14-10-31(2)18-39(52)43-22-36(7)27-49(60(43)70)67(57)50-28-37(8)24-45-41-20-33(4)12-16-54(41)72(65)62(45)50/h9-29H,1-8H3. The molecule has 0 amide bonds. The fourth-order valence-electron chi connectivity index (χ4n) is 15.3. The summed E-state index contributed by atoms with van der Waals surface area (Å²) in [6.07, 6.45) is 0. The first-order valence-corrected chi connectivity index (χ1v) is 25.8. The first-order valence-electron chi connectivity index (χ1n) is 25.8. The van der Waals surface area contributed by atoms with Gasteiger partial charge in [-0.15, -0.1) is 0 Å². The topological polar surface area (TPSA) is 32.6 Å². The molecule has 72 heavy (non-hydrogen) atoms. The van der Waals surface area contributed by atoms with Gasteiger partial charge >= 0.3 is 0 Å². The van der Waals surface area contributed by atoms with Crippen molar-refractivity contribution in [2.45, 2.75) is 55.4 Å². The van der Waals surface area contributed by atoms with Crippen LogP contribution >= 0.6 is 0 Å². The molecule has 336 valence electrons. The average molecular weight is 918 g/mol. The number of aryl methyl sites for hydroxylation is 8. The Morgan fingerprint density at radius 1 is 0.306 bits per heavy atom. The lowest BCUT2D eigenvalue weighted by Crippen LogP contribution is -2.61. The molecule has 7 heteroatoms. The summed E-state index contributed by atoms with van der Waals surface area (Å²) in [6, 6.07) is 50.8. The third-order valence-corrected chi connectivity index (χ3v) is 17.7. The fourth-order valence-corrected chi connectivity index (χ4v) is 15.3. The van der Waals surface area contributed by atoms with Crippen LogP contribution < -0.4 is 32.8 Å². The number of benzene rings is 9. The van der Waals surface area contributed by atoms with Crippen molar-refractivity contribution in [1.82, 2.24) is 23.3 Å². The van der Waals surface area contributed by atoms with Crippen molar-refractivity contribution >= 4 is 144 Å². The van der Waals surface area contributed by atoms with Crippen LogP contribution in [-0.4, -0.2) is 36.7 Å². The minimum absolute atomic E-state index is 0.0152. The molecule has 0 atom stereocenters. The van der Waals surface area contributed by atoms with E-state index in [1.165, 1.54) is 187 Å². The van der Waals surface area contributed by atoms with Gasteiger partial charge in [0, 0.05) is 70.7 Å². The lowest BCUT2D eigenvalue weighted by Gasteiger charge is -2.37. The summed E-state index contributed by atoms with van der Waals surface area (Å²) in [6.45, 7) is 18.1. The third kappa shape index (κ3) is 4.24. The predicted molar refractivity (Wildman–Crippen MR) is 306 cm³/mol. The van der Waals surface area contributed by atoms with Crippen molar-refractivity contribution in [2.75, 3.05) is 0 Å². The molecule has 0 fully saturated rings. The van der Waals surface area contributed by atoms with Crippen LogP contribution in [0.25, 0.3) is 121 Å². The van der Waals surface area contributed by atoms with Crippen LogP contribution in [0.2, 0.25) is 0 Å². The molecule has 9 aromatic carbocycles. The highest BCUT2D eigenvalue weighted by Crippen LogP contribution is 2.47. The van der Waals surface area contributed by atoms with Crippen molar-refractivity contribution in [3.8, 4) is 22.9 Å². The molecular weight excluding hydrogens is 872 g/mol. The Kier molecular flexibility index (Phi) is 6.54. The molecule has 0 saturated heterocycles. The van der Waals surface area contributed by atoms with Gasteiger partial charge in [0.15, 0.2) is 0 Å². The number of fused-ring (bicyclic) bond motifs is 23. The molecule has 14 aromatic rings. The van der Waals surface area contributed by atoms with Crippen LogP contribution in [0.5, 0.6) is 0 Å². The maximum Gasteiger partial charge on any atom is 0.254 e. The van der Waals surface area contributed by atoms with E-state index in [-0.39, 0.29) is 13.4 Å². The molecule has 0 bridgehead atoms. The normalized spacial score (nSPS) is 13.8. The van der Waals surface area contributed by atoms with Gasteiger partial charge in [0.05, 0.1) is 44.5 Å². The second-order valence-corrected chi connectivity index (χ2v) is 22.5. The zero-order valence-corrected chi connectivity index (χ0v) is 41.5. The molecule has 18 rings (SSSR count). The van der Waals surface area contributed by atoms with Crippen LogP contribution in [-0.2, 0) is 0 Å². The van der Waals surface area contributed by atoms with Gasteiger partial charge in [-0.2, -0.15) is 0 Å². The maximum atomic E-state index is 6.37. The van der Waals surface area contributed by atoms with Crippen molar-refractivity contribution in [1.29, 1.82) is 0 Å².